The van der Waals surface area contributed by atoms with Gasteiger partial charge >= 0.3 is 12.4 Å². The number of hydrogen-bond acceptors (Lipinski definition) is 1. The van der Waals surface area contributed by atoms with Crippen LogP contribution in [0.25, 0.3) is 5.69 Å². The van der Waals surface area contributed by atoms with Crippen LogP contribution in [0.5, 0.6) is 0 Å². The quantitative estimate of drug-likeness (QED) is 0.414. The maximum atomic E-state index is 14.1. The Labute approximate surface area is 156 Å². The molecule has 136 valence electrons. The van der Waals surface area contributed by atoms with Gasteiger partial charge in [-0.1, -0.05) is 11.6 Å². The van der Waals surface area contributed by atoms with Crippen LogP contribution >= 0.6 is 43.5 Å². The molecule has 0 atom stereocenters. The van der Waals surface area contributed by atoms with Gasteiger partial charge in [0.25, 0.3) is 5.56 Å². The molecule has 2 nitrogen and oxygen atoms in total. The van der Waals surface area contributed by atoms with Gasteiger partial charge in [0.2, 0.25) is 0 Å². The Morgan fingerprint density at radius 2 is 1.56 bits per heavy atom. The molecule has 0 spiro atoms. The Hall–Kier alpha value is -1.07. The van der Waals surface area contributed by atoms with E-state index < -0.39 is 54.5 Å². The fourth-order valence-corrected chi connectivity index (χ4v) is 3.76. The Morgan fingerprint density at radius 3 is 2.00 bits per heavy atom. The number of hydrogen-bond donors (Lipinski definition) is 0. The normalized spacial score (nSPS) is 12.6. The zero-order chi connectivity index (χ0) is 19.3. The van der Waals surface area contributed by atoms with Crippen LogP contribution in [-0.2, 0) is 12.4 Å². The fraction of sp³-hybridized carbons (Fsp3) is 0.154. The van der Waals surface area contributed by atoms with Crippen LogP contribution in [0, 0.1) is 5.82 Å². The molecule has 0 fully saturated rings. The lowest BCUT2D eigenvalue weighted by molar-refractivity contribution is -0.139. The smallest absolute Gasteiger partial charge is 0.278 e. The lowest BCUT2D eigenvalue weighted by Crippen LogP contribution is -2.25. The van der Waals surface area contributed by atoms with Crippen molar-refractivity contribution in [1.82, 2.24) is 4.57 Å². The van der Waals surface area contributed by atoms with Crippen molar-refractivity contribution >= 4 is 43.5 Å². The van der Waals surface area contributed by atoms with Gasteiger partial charge in [-0.25, -0.2) is 4.39 Å². The van der Waals surface area contributed by atoms with Crippen LogP contribution in [0.15, 0.2) is 32.1 Å². The van der Waals surface area contributed by atoms with Crippen LogP contribution in [-0.4, -0.2) is 4.57 Å². The summed E-state index contributed by atoms with van der Waals surface area (Å²) >= 11 is 10.7. The van der Waals surface area contributed by atoms with Gasteiger partial charge < -0.3 is 0 Å². The first-order chi connectivity index (χ1) is 11.2. The van der Waals surface area contributed by atoms with E-state index in [0.29, 0.717) is 16.8 Å². The van der Waals surface area contributed by atoms with Gasteiger partial charge in [-0.05, 0) is 44.0 Å². The van der Waals surface area contributed by atoms with Crippen molar-refractivity contribution in [3.63, 3.8) is 0 Å². The minimum absolute atomic E-state index is 0.0904. The second kappa shape index (κ2) is 6.58. The fourth-order valence-electron chi connectivity index (χ4n) is 1.94. The van der Waals surface area contributed by atoms with Gasteiger partial charge in [-0.2, -0.15) is 26.3 Å². The maximum Gasteiger partial charge on any atom is 0.418 e. The molecule has 12 heteroatoms. The van der Waals surface area contributed by atoms with Gasteiger partial charge in [0, 0.05) is 10.7 Å². The molecule has 0 N–H and O–H groups in total. The van der Waals surface area contributed by atoms with E-state index in [4.69, 9.17) is 11.6 Å². The Morgan fingerprint density at radius 1 is 1.00 bits per heavy atom. The first-order valence-corrected chi connectivity index (χ1v) is 7.96. The molecule has 0 unspecified atom stereocenters. The van der Waals surface area contributed by atoms with Crippen molar-refractivity contribution in [3.05, 3.63) is 59.6 Å². The summed E-state index contributed by atoms with van der Waals surface area (Å²) in [5.74, 6) is -1.53. The molecule has 0 saturated carbocycles. The van der Waals surface area contributed by atoms with Crippen molar-refractivity contribution in [2.75, 3.05) is 0 Å². The van der Waals surface area contributed by atoms with Crippen molar-refractivity contribution in [2.24, 2.45) is 0 Å². The topological polar surface area (TPSA) is 22.0 Å². The molecule has 25 heavy (non-hydrogen) atoms. The summed E-state index contributed by atoms with van der Waals surface area (Å²) in [6, 6.07) is 0.457. The van der Waals surface area contributed by atoms with Gasteiger partial charge in [0.05, 0.1) is 20.6 Å². The predicted molar refractivity (Wildman–Crippen MR) is 82.4 cm³/mol. The zero-order valence-electron chi connectivity index (χ0n) is 11.4. The van der Waals surface area contributed by atoms with E-state index in [9.17, 15) is 35.5 Å². The third kappa shape index (κ3) is 3.87. The number of aromatic nitrogens is 1. The third-order valence-corrected chi connectivity index (χ3v) is 4.60. The van der Waals surface area contributed by atoms with Crippen molar-refractivity contribution in [2.45, 2.75) is 12.4 Å². The first kappa shape index (κ1) is 20.2. The Balaban J connectivity index is 2.79. The van der Waals surface area contributed by atoms with Crippen molar-refractivity contribution in [3.8, 4) is 5.69 Å². The molecular weight excluding hydrogens is 514 g/mol. The van der Waals surface area contributed by atoms with E-state index in [1.165, 1.54) is 0 Å². The van der Waals surface area contributed by atoms with E-state index >= 15 is 0 Å². The molecule has 0 saturated heterocycles. The van der Waals surface area contributed by atoms with E-state index in [1.807, 2.05) is 0 Å². The molecule has 1 aromatic carbocycles. The van der Waals surface area contributed by atoms with Gasteiger partial charge in [-0.15, -0.1) is 0 Å². The van der Waals surface area contributed by atoms with Gasteiger partial charge in [-0.3, -0.25) is 9.36 Å². The number of benzene rings is 1. The minimum atomic E-state index is -4.90. The molecule has 0 aliphatic rings. The molecule has 2 aromatic rings. The lowest BCUT2D eigenvalue weighted by Gasteiger charge is -2.16. The average molecular weight is 517 g/mol. The standard InChI is InChI=1S/C13H3Br2ClF7NO/c14-5-3-24(11(25)9(15)8(5)13(21,22)23)10-6(16)1-4(2-7(10)17)12(18,19)20/h1-3H. The average Bonchev–Trinajstić information content (AvgIpc) is 2.40. The predicted octanol–water partition coefficient (Wildman–Crippen LogP) is 6.19. The summed E-state index contributed by atoms with van der Waals surface area (Å²) in [6.45, 7) is 0. The highest BCUT2D eigenvalue weighted by molar-refractivity contribution is 9.11. The first-order valence-electron chi connectivity index (χ1n) is 5.99. The molecule has 0 bridgehead atoms. The van der Waals surface area contributed by atoms with E-state index in [-0.39, 0.29) is 6.07 Å². The van der Waals surface area contributed by atoms with Crippen LogP contribution in [0.2, 0.25) is 5.02 Å². The van der Waals surface area contributed by atoms with E-state index in [0.717, 1.165) is 0 Å². The summed E-state index contributed by atoms with van der Waals surface area (Å²) in [7, 11) is 0. The second-order valence-electron chi connectivity index (χ2n) is 4.63. The summed E-state index contributed by atoms with van der Waals surface area (Å²) in [5.41, 5.74) is -4.92. The number of nitrogens with zero attached hydrogens (tertiary/aromatic N) is 1. The monoisotopic (exact) mass is 515 g/mol. The second-order valence-corrected chi connectivity index (χ2v) is 6.68. The van der Waals surface area contributed by atoms with Crippen molar-refractivity contribution in [1.29, 1.82) is 0 Å². The SMILES string of the molecule is O=c1c(Br)c(C(F)(F)F)c(Br)cn1-c1c(F)cc(C(F)(F)F)cc1Cl. The van der Waals surface area contributed by atoms with Gasteiger partial charge in [0.15, 0.2) is 0 Å². The van der Waals surface area contributed by atoms with E-state index in [2.05, 4.69) is 31.9 Å². The Bertz CT molecular complexity index is 882. The van der Waals surface area contributed by atoms with Crippen LogP contribution < -0.4 is 5.56 Å². The highest BCUT2D eigenvalue weighted by Crippen LogP contribution is 2.39. The molecular formula is C13H3Br2ClF7NO. The van der Waals surface area contributed by atoms with Crippen LogP contribution in [0.4, 0.5) is 30.7 Å². The summed E-state index contributed by atoms with van der Waals surface area (Å²) in [5, 5.41) is -0.798. The van der Waals surface area contributed by atoms with Gasteiger partial charge in [0.1, 0.15) is 11.5 Å². The molecule has 0 aliphatic heterocycles. The number of rotatable bonds is 1. The maximum absolute atomic E-state index is 14.1. The van der Waals surface area contributed by atoms with Crippen molar-refractivity contribution < 1.29 is 30.7 Å². The largest absolute Gasteiger partial charge is 0.418 e. The lowest BCUT2D eigenvalue weighted by atomic mass is 10.1. The molecule has 1 aromatic heterocycles. The van der Waals surface area contributed by atoms with Crippen LogP contribution in [0.3, 0.4) is 0 Å². The molecule has 0 amide bonds. The minimum Gasteiger partial charge on any atom is -0.278 e. The highest BCUT2D eigenvalue weighted by Gasteiger charge is 2.38. The zero-order valence-corrected chi connectivity index (χ0v) is 15.3. The highest BCUT2D eigenvalue weighted by atomic mass is 79.9. The molecule has 0 aliphatic carbocycles. The summed E-state index contributed by atoms with van der Waals surface area (Å²) < 4.78 is 89.6. The van der Waals surface area contributed by atoms with Crippen LogP contribution in [0.1, 0.15) is 11.1 Å². The number of alkyl halides is 6. The Kier molecular flexibility index (Phi) is 5.33. The molecule has 0 radical (unpaired) electrons. The molecule has 1 heterocycles. The molecule has 2 rings (SSSR count). The number of pyridine rings is 1. The summed E-state index contributed by atoms with van der Waals surface area (Å²) in [6.07, 6.45) is -9.22. The summed E-state index contributed by atoms with van der Waals surface area (Å²) in [4.78, 5) is 12.1. The third-order valence-electron chi connectivity index (χ3n) is 2.98. The van der Waals surface area contributed by atoms with E-state index in [1.54, 1.807) is 0 Å². The number of halogens is 10.